The van der Waals surface area contributed by atoms with Crippen LogP contribution in [0.25, 0.3) is 0 Å². The molecule has 0 radical (unpaired) electrons. The van der Waals surface area contributed by atoms with E-state index in [2.05, 4.69) is 0 Å². The van der Waals surface area contributed by atoms with E-state index in [0.29, 0.717) is 0 Å². The van der Waals surface area contributed by atoms with E-state index in [1.807, 2.05) is 13.8 Å². The number of carbonyl (C=O) groups excluding carboxylic acids is 2. The summed E-state index contributed by atoms with van der Waals surface area (Å²) in [6.45, 7) is 7.61. The molecule has 0 aliphatic rings. The SMILES string of the molecule is CCC(COC(=O)C(C)C(C)C(=O)OCC(CC)OC)OC. The highest BCUT2D eigenvalue weighted by Gasteiger charge is 2.29. The molecule has 0 aromatic heterocycles. The van der Waals surface area contributed by atoms with Crippen molar-refractivity contribution < 1.29 is 28.5 Å². The summed E-state index contributed by atoms with van der Waals surface area (Å²) in [5, 5.41) is 0. The zero-order valence-corrected chi connectivity index (χ0v) is 14.6. The molecule has 22 heavy (non-hydrogen) atoms. The molecular weight excluding hydrogens is 288 g/mol. The van der Waals surface area contributed by atoms with E-state index < -0.39 is 23.8 Å². The second kappa shape index (κ2) is 11.4. The van der Waals surface area contributed by atoms with Crippen LogP contribution in [0, 0.1) is 11.8 Å². The van der Waals surface area contributed by atoms with Crippen molar-refractivity contribution in [2.75, 3.05) is 27.4 Å². The lowest BCUT2D eigenvalue weighted by Crippen LogP contribution is -2.32. The summed E-state index contributed by atoms with van der Waals surface area (Å²) in [5.74, 6) is -1.97. The third kappa shape index (κ3) is 7.22. The van der Waals surface area contributed by atoms with Crippen molar-refractivity contribution in [2.24, 2.45) is 11.8 Å². The molecule has 0 saturated heterocycles. The van der Waals surface area contributed by atoms with Gasteiger partial charge in [0.1, 0.15) is 13.2 Å². The predicted octanol–water partition coefficient (Wildman–Crippen LogP) is 2.20. The van der Waals surface area contributed by atoms with Gasteiger partial charge in [0.15, 0.2) is 0 Å². The molecule has 6 nitrogen and oxygen atoms in total. The highest BCUT2D eigenvalue weighted by atomic mass is 16.6. The van der Waals surface area contributed by atoms with Gasteiger partial charge in [-0.3, -0.25) is 9.59 Å². The van der Waals surface area contributed by atoms with E-state index in [9.17, 15) is 9.59 Å². The van der Waals surface area contributed by atoms with Gasteiger partial charge < -0.3 is 18.9 Å². The van der Waals surface area contributed by atoms with Gasteiger partial charge in [0.2, 0.25) is 0 Å². The molecule has 4 unspecified atom stereocenters. The maximum atomic E-state index is 12.0. The second-order valence-electron chi connectivity index (χ2n) is 5.37. The summed E-state index contributed by atoms with van der Waals surface area (Å²) in [7, 11) is 3.15. The van der Waals surface area contributed by atoms with Crippen LogP contribution in [0.1, 0.15) is 40.5 Å². The molecule has 0 fully saturated rings. The van der Waals surface area contributed by atoms with Gasteiger partial charge in [0, 0.05) is 14.2 Å². The van der Waals surface area contributed by atoms with Gasteiger partial charge in [0.05, 0.1) is 24.0 Å². The lowest BCUT2D eigenvalue weighted by Gasteiger charge is -2.20. The average Bonchev–Trinajstić information content (AvgIpc) is 2.54. The van der Waals surface area contributed by atoms with E-state index in [1.54, 1.807) is 28.1 Å². The number of rotatable bonds is 11. The Balaban J connectivity index is 4.30. The Morgan fingerprint density at radius 1 is 0.773 bits per heavy atom. The number of hydrogen-bond acceptors (Lipinski definition) is 6. The normalized spacial score (nSPS) is 16.5. The van der Waals surface area contributed by atoms with Gasteiger partial charge in [-0.15, -0.1) is 0 Å². The maximum Gasteiger partial charge on any atom is 0.309 e. The molecule has 0 bridgehead atoms. The number of esters is 2. The van der Waals surface area contributed by atoms with E-state index in [1.165, 1.54) is 0 Å². The molecule has 6 heteroatoms. The van der Waals surface area contributed by atoms with E-state index in [-0.39, 0.29) is 25.4 Å². The third-order valence-corrected chi connectivity index (χ3v) is 3.89. The minimum Gasteiger partial charge on any atom is -0.463 e. The molecular formula is C16H30O6. The first kappa shape index (κ1) is 20.9. The fourth-order valence-electron chi connectivity index (χ4n) is 1.73. The largest absolute Gasteiger partial charge is 0.463 e. The van der Waals surface area contributed by atoms with E-state index >= 15 is 0 Å². The van der Waals surface area contributed by atoms with Crippen LogP contribution >= 0.6 is 0 Å². The Labute approximate surface area is 133 Å². The standard InChI is InChI=1S/C16H30O6/c1-7-13(19-5)9-21-15(17)11(3)12(4)16(18)22-10-14(8-2)20-6/h11-14H,7-10H2,1-6H3. The molecule has 0 aromatic rings. The maximum absolute atomic E-state index is 12.0. The fraction of sp³-hybridized carbons (Fsp3) is 0.875. The molecule has 0 N–H and O–H groups in total. The van der Waals surface area contributed by atoms with Crippen LogP contribution in [-0.2, 0) is 28.5 Å². The first-order valence-corrected chi connectivity index (χ1v) is 7.79. The van der Waals surface area contributed by atoms with Gasteiger partial charge in [-0.25, -0.2) is 0 Å². The molecule has 130 valence electrons. The van der Waals surface area contributed by atoms with E-state index in [0.717, 1.165) is 12.8 Å². The third-order valence-electron chi connectivity index (χ3n) is 3.89. The Hall–Kier alpha value is -1.14. The van der Waals surface area contributed by atoms with Gasteiger partial charge >= 0.3 is 11.9 Å². The Morgan fingerprint density at radius 3 is 1.32 bits per heavy atom. The van der Waals surface area contributed by atoms with Crippen LogP contribution in [-0.4, -0.2) is 51.6 Å². The van der Waals surface area contributed by atoms with Crippen molar-refractivity contribution in [2.45, 2.75) is 52.7 Å². The highest BCUT2D eigenvalue weighted by Crippen LogP contribution is 2.16. The summed E-state index contributed by atoms with van der Waals surface area (Å²) in [6, 6.07) is 0. The summed E-state index contributed by atoms with van der Waals surface area (Å²) in [5.41, 5.74) is 0. The fourth-order valence-corrected chi connectivity index (χ4v) is 1.73. The first-order chi connectivity index (χ1) is 10.4. The molecule has 0 saturated carbocycles. The van der Waals surface area contributed by atoms with E-state index in [4.69, 9.17) is 18.9 Å². The number of hydrogen-bond donors (Lipinski definition) is 0. The van der Waals surface area contributed by atoms with Crippen molar-refractivity contribution in [3.05, 3.63) is 0 Å². The Bertz CT molecular complexity index is 291. The number of carbonyl (C=O) groups is 2. The second-order valence-corrected chi connectivity index (χ2v) is 5.37. The van der Waals surface area contributed by atoms with Crippen molar-refractivity contribution in [3.8, 4) is 0 Å². The van der Waals surface area contributed by atoms with Crippen LogP contribution in [0.15, 0.2) is 0 Å². The van der Waals surface area contributed by atoms with Crippen LogP contribution in [0.3, 0.4) is 0 Å². The molecule has 0 aliphatic heterocycles. The van der Waals surface area contributed by atoms with Crippen LogP contribution < -0.4 is 0 Å². The molecule has 0 amide bonds. The highest BCUT2D eigenvalue weighted by molar-refractivity contribution is 5.81. The number of ether oxygens (including phenoxy) is 4. The van der Waals surface area contributed by atoms with Crippen molar-refractivity contribution >= 4 is 11.9 Å². The molecule has 0 spiro atoms. The Morgan fingerprint density at radius 2 is 1.09 bits per heavy atom. The lowest BCUT2D eigenvalue weighted by molar-refractivity contribution is -0.163. The van der Waals surface area contributed by atoms with Gasteiger partial charge in [-0.1, -0.05) is 27.7 Å². The molecule has 0 rings (SSSR count). The smallest absolute Gasteiger partial charge is 0.309 e. The average molecular weight is 318 g/mol. The summed E-state index contributed by atoms with van der Waals surface area (Å²) < 4.78 is 20.7. The van der Waals surface area contributed by atoms with Crippen LogP contribution in [0.4, 0.5) is 0 Å². The van der Waals surface area contributed by atoms with Gasteiger partial charge in [-0.2, -0.15) is 0 Å². The monoisotopic (exact) mass is 318 g/mol. The lowest BCUT2D eigenvalue weighted by atomic mass is 9.96. The summed E-state index contributed by atoms with van der Waals surface area (Å²) >= 11 is 0. The van der Waals surface area contributed by atoms with Gasteiger partial charge in [0.25, 0.3) is 0 Å². The zero-order chi connectivity index (χ0) is 17.1. The van der Waals surface area contributed by atoms with Crippen LogP contribution in [0.2, 0.25) is 0 Å². The van der Waals surface area contributed by atoms with Crippen molar-refractivity contribution in [3.63, 3.8) is 0 Å². The topological polar surface area (TPSA) is 71.1 Å². The van der Waals surface area contributed by atoms with Crippen molar-refractivity contribution in [1.29, 1.82) is 0 Å². The van der Waals surface area contributed by atoms with Gasteiger partial charge in [-0.05, 0) is 12.8 Å². The van der Waals surface area contributed by atoms with Crippen LogP contribution in [0.5, 0.6) is 0 Å². The molecule has 0 heterocycles. The zero-order valence-electron chi connectivity index (χ0n) is 14.6. The first-order valence-electron chi connectivity index (χ1n) is 7.79. The Kier molecular flexibility index (Phi) is 10.8. The molecule has 4 atom stereocenters. The molecule has 0 aromatic carbocycles. The predicted molar refractivity (Wildman–Crippen MR) is 82.4 cm³/mol. The minimum absolute atomic E-state index is 0.120. The summed E-state index contributed by atoms with van der Waals surface area (Å²) in [6.07, 6.45) is 1.27. The quantitative estimate of drug-likeness (QED) is 0.544. The molecule has 0 aliphatic carbocycles. The summed E-state index contributed by atoms with van der Waals surface area (Å²) in [4.78, 5) is 23.9. The van der Waals surface area contributed by atoms with Crippen molar-refractivity contribution in [1.82, 2.24) is 0 Å². The number of methoxy groups -OCH3 is 2. The minimum atomic E-state index is -0.565.